The van der Waals surface area contributed by atoms with Crippen molar-refractivity contribution in [3.05, 3.63) is 93.0 Å². The van der Waals surface area contributed by atoms with Gasteiger partial charge in [-0.1, -0.05) is 35.4 Å². The second-order valence-electron chi connectivity index (χ2n) is 14.1. The Morgan fingerprint density at radius 3 is 2.39 bits per heavy atom. The summed E-state index contributed by atoms with van der Waals surface area (Å²) in [5.74, 6) is -0.346. The van der Waals surface area contributed by atoms with Crippen molar-refractivity contribution in [2.24, 2.45) is 13.0 Å². The predicted molar refractivity (Wildman–Crippen MR) is 199 cm³/mol. The highest BCUT2D eigenvalue weighted by Crippen LogP contribution is 2.56. The van der Waals surface area contributed by atoms with Gasteiger partial charge in [-0.2, -0.15) is 19.0 Å². The fourth-order valence-electron chi connectivity index (χ4n) is 6.98. The number of anilines is 1. The summed E-state index contributed by atoms with van der Waals surface area (Å²) >= 11 is 6.58. The first-order valence-corrected chi connectivity index (χ1v) is 19.3. The molecule has 0 spiro atoms. The van der Waals surface area contributed by atoms with E-state index in [0.717, 1.165) is 18.4 Å². The van der Waals surface area contributed by atoms with Crippen LogP contribution in [-0.4, -0.2) is 66.9 Å². The van der Waals surface area contributed by atoms with Crippen molar-refractivity contribution in [1.82, 2.24) is 29.9 Å². The molecule has 4 N–H and O–H groups in total. The number of halogens is 5. The third-order valence-electron chi connectivity index (χ3n) is 9.19. The highest BCUT2D eigenvalue weighted by molar-refractivity contribution is 7.92. The molecule has 0 saturated heterocycles. The number of alkyl halides is 2. The van der Waals surface area contributed by atoms with Crippen LogP contribution in [-0.2, 0) is 40.8 Å². The number of carbonyl (C=O) groups is 2. The van der Waals surface area contributed by atoms with Gasteiger partial charge in [-0.15, -0.1) is 0 Å². The van der Waals surface area contributed by atoms with Gasteiger partial charge < -0.3 is 15.5 Å². The second-order valence-corrected chi connectivity index (χ2v) is 16.3. The molecule has 1 unspecified atom stereocenters. The number of pyridine rings is 1. The number of aryl methyl sites for hydroxylation is 1. The summed E-state index contributed by atoms with van der Waals surface area (Å²) in [7, 11) is -2.30. The Balaban J connectivity index is 1.39. The maximum atomic E-state index is 15.6. The van der Waals surface area contributed by atoms with Crippen LogP contribution < -0.4 is 10.0 Å². The number of rotatable bonds is 10. The molecule has 3 atom stereocenters. The van der Waals surface area contributed by atoms with E-state index >= 15 is 8.78 Å². The number of carboxylic acids is 1. The first-order valence-electron chi connectivity index (χ1n) is 17.0. The molecule has 2 aromatic carbocycles. The molecule has 294 valence electrons. The quantitative estimate of drug-likeness (QED) is 0.113. The number of amides is 1. The molecule has 19 heteroatoms. The lowest BCUT2D eigenvalue weighted by Gasteiger charge is -2.24. The molecule has 0 aliphatic heterocycles. The molecular weight excluding hydrogens is 794 g/mol. The summed E-state index contributed by atoms with van der Waals surface area (Å²) in [6.07, 6.45) is 0.597. The van der Waals surface area contributed by atoms with E-state index in [1.807, 2.05) is 0 Å². The minimum Gasteiger partial charge on any atom is -0.476 e. The summed E-state index contributed by atoms with van der Waals surface area (Å²) in [5.41, 5.74) is -2.07. The average Bonchev–Trinajstić information content (AvgIpc) is 3.63. The second kappa shape index (κ2) is 13.9. The van der Waals surface area contributed by atoms with Crippen molar-refractivity contribution in [2.45, 2.75) is 50.3 Å². The Kier molecular flexibility index (Phi) is 9.59. The SMILES string of the molecule is Cn1nc(NS(C)(=O)=O)c2c(Cl)ccc(-c3ccc(C#CC(C)(C)O)nc3C(Cc3cc(F)cc(F)c3)NC(=O)Cn3nc(C(=O)O)c4c3C(F)(F)[C@@H]3C#C[C@H]43)c21. The van der Waals surface area contributed by atoms with Crippen LogP contribution in [0.1, 0.15) is 64.5 Å². The molecule has 1 amide bonds. The summed E-state index contributed by atoms with van der Waals surface area (Å²) in [6, 6.07) is 7.52. The van der Waals surface area contributed by atoms with Crippen LogP contribution in [0.25, 0.3) is 22.0 Å². The Morgan fingerprint density at radius 1 is 1.09 bits per heavy atom. The van der Waals surface area contributed by atoms with Crippen molar-refractivity contribution in [3.8, 4) is 34.8 Å². The van der Waals surface area contributed by atoms with Gasteiger partial charge in [-0.05, 0) is 62.1 Å². The summed E-state index contributed by atoms with van der Waals surface area (Å²) in [5, 5.41) is 31.4. The van der Waals surface area contributed by atoms with Crippen molar-refractivity contribution < 1.29 is 45.8 Å². The lowest BCUT2D eigenvalue weighted by atomic mass is 9.84. The number of carboxylic acid groups (broad SMARTS) is 1. The molecule has 5 aromatic rings. The third-order valence-corrected chi connectivity index (χ3v) is 10.1. The molecular formula is C38H30ClF4N7O6S. The first kappa shape index (κ1) is 39.3. The zero-order valence-electron chi connectivity index (χ0n) is 30.2. The van der Waals surface area contributed by atoms with E-state index < -0.39 is 80.9 Å². The number of aliphatic hydroxyl groups is 1. The van der Waals surface area contributed by atoms with Crippen LogP contribution in [0.5, 0.6) is 0 Å². The Labute approximate surface area is 327 Å². The summed E-state index contributed by atoms with van der Waals surface area (Å²) in [4.78, 5) is 30.8. The Bertz CT molecular complexity index is 2770. The van der Waals surface area contributed by atoms with Gasteiger partial charge in [0.25, 0.3) is 0 Å². The number of nitrogens with one attached hydrogen (secondary N) is 2. The fraction of sp³-hybridized carbons (Fsp3) is 0.289. The third kappa shape index (κ3) is 7.51. The highest BCUT2D eigenvalue weighted by atomic mass is 35.5. The van der Waals surface area contributed by atoms with E-state index in [2.05, 4.69) is 43.9 Å². The van der Waals surface area contributed by atoms with Crippen molar-refractivity contribution >= 4 is 50.2 Å². The number of hydrogen-bond acceptors (Lipinski definition) is 8. The first-order chi connectivity index (χ1) is 26.6. The number of benzene rings is 2. The number of sulfonamides is 1. The van der Waals surface area contributed by atoms with Crippen LogP contribution in [0, 0.1) is 41.2 Å². The van der Waals surface area contributed by atoms with E-state index in [4.69, 9.17) is 16.6 Å². The van der Waals surface area contributed by atoms with E-state index in [1.54, 1.807) is 12.1 Å². The topological polar surface area (TPSA) is 181 Å². The van der Waals surface area contributed by atoms with Crippen molar-refractivity contribution in [2.75, 3.05) is 11.0 Å². The van der Waals surface area contributed by atoms with Gasteiger partial charge in [0.15, 0.2) is 11.5 Å². The maximum Gasteiger partial charge on any atom is 0.356 e. The van der Waals surface area contributed by atoms with Gasteiger partial charge in [-0.3, -0.25) is 18.9 Å². The van der Waals surface area contributed by atoms with Crippen LogP contribution in [0.4, 0.5) is 23.4 Å². The standard InChI is InChI=1S/C38H30ClF4N7O6S/c1-37(2,54)12-11-21-5-6-22(23-8-10-26(39)30-33(23)49(3)47-35(30)48-57(4,55)56)31(44-21)27(15-18-13-19(40)16-20(41)14-18)45-28(51)17-50-34-29(32(46-50)36(52)53)24-7-9-25(24)38(34,42)43/h5-6,8,10,13-14,16,24-25,27,54H,15,17H2,1-4H3,(H,45,51)(H,47,48)(H,52,53)/t24-,25+,27?/m0/s1. The molecule has 3 heterocycles. The zero-order valence-corrected chi connectivity index (χ0v) is 31.8. The molecule has 57 heavy (non-hydrogen) atoms. The van der Waals surface area contributed by atoms with Gasteiger partial charge in [0.1, 0.15) is 41.1 Å². The van der Waals surface area contributed by atoms with Gasteiger partial charge >= 0.3 is 11.9 Å². The van der Waals surface area contributed by atoms with Crippen LogP contribution >= 0.6 is 11.6 Å². The number of hydrogen-bond donors (Lipinski definition) is 4. The lowest BCUT2D eigenvalue weighted by Crippen LogP contribution is -2.36. The van der Waals surface area contributed by atoms with E-state index in [-0.39, 0.29) is 50.7 Å². The normalized spacial score (nSPS) is 17.0. The molecule has 3 aromatic heterocycles. The monoisotopic (exact) mass is 823 g/mol. The Hall–Kier alpha value is -5.95. The number of nitrogens with zero attached hydrogens (tertiary/aromatic N) is 5. The zero-order chi connectivity index (χ0) is 41.4. The molecule has 2 aliphatic carbocycles. The van der Waals surface area contributed by atoms with Crippen molar-refractivity contribution in [3.63, 3.8) is 0 Å². The highest BCUT2D eigenvalue weighted by Gasteiger charge is 2.60. The number of aromatic nitrogens is 5. The van der Waals surface area contributed by atoms with Gasteiger partial charge in [0, 0.05) is 29.8 Å². The van der Waals surface area contributed by atoms with Crippen LogP contribution in [0.3, 0.4) is 0 Å². The summed E-state index contributed by atoms with van der Waals surface area (Å²) < 4.78 is 89.1. The van der Waals surface area contributed by atoms with Gasteiger partial charge in [-0.25, -0.2) is 27.0 Å². The number of carbonyl (C=O) groups excluding carboxylic acids is 1. The summed E-state index contributed by atoms with van der Waals surface area (Å²) in [6.45, 7) is 1.98. The van der Waals surface area contributed by atoms with Gasteiger partial charge in [0.05, 0.1) is 39.8 Å². The molecule has 0 radical (unpaired) electrons. The Morgan fingerprint density at radius 2 is 1.77 bits per heavy atom. The fourth-order valence-corrected chi connectivity index (χ4v) is 7.72. The van der Waals surface area contributed by atoms with Crippen molar-refractivity contribution in [1.29, 1.82) is 0 Å². The lowest BCUT2D eigenvalue weighted by molar-refractivity contribution is -0.123. The van der Waals surface area contributed by atoms with E-state index in [0.29, 0.717) is 21.8 Å². The molecule has 0 fully saturated rings. The van der Waals surface area contributed by atoms with E-state index in [1.165, 1.54) is 37.7 Å². The number of fused-ring (bicyclic) bond motifs is 4. The van der Waals surface area contributed by atoms with Crippen LogP contribution in [0.15, 0.2) is 42.5 Å². The minimum absolute atomic E-state index is 0.0340. The van der Waals surface area contributed by atoms with E-state index in [9.17, 15) is 37.0 Å². The predicted octanol–water partition coefficient (Wildman–Crippen LogP) is 4.88. The minimum atomic E-state index is -3.83. The molecule has 0 bridgehead atoms. The average molecular weight is 824 g/mol. The molecule has 0 saturated carbocycles. The maximum absolute atomic E-state index is 15.6. The van der Waals surface area contributed by atoms with Crippen LogP contribution in [0.2, 0.25) is 5.02 Å². The smallest absolute Gasteiger partial charge is 0.356 e. The molecule has 13 nitrogen and oxygen atoms in total. The van der Waals surface area contributed by atoms with Gasteiger partial charge in [0.2, 0.25) is 15.9 Å². The largest absolute Gasteiger partial charge is 0.476 e. The number of aromatic carboxylic acids is 1. The molecule has 2 aliphatic rings. The molecule has 7 rings (SSSR count).